The van der Waals surface area contributed by atoms with E-state index in [9.17, 15) is 13.2 Å². The number of amides is 1. The molecule has 2 N–H and O–H groups in total. The molecule has 0 aromatic heterocycles. The third-order valence-electron chi connectivity index (χ3n) is 6.03. The Balaban J connectivity index is 1.46. The predicted molar refractivity (Wildman–Crippen MR) is 135 cm³/mol. The summed E-state index contributed by atoms with van der Waals surface area (Å²) in [5, 5.41) is 5.94. The SMILES string of the molecule is CCN(CC)S(=O)(=O)c1ccc(OC)c(NC(=O)CNc2ccc3c(c2)Cc2ccccc2-3)c1. The highest BCUT2D eigenvalue weighted by Crippen LogP contribution is 2.37. The average molecular weight is 480 g/mol. The molecule has 0 fully saturated rings. The number of fused-ring (bicyclic) bond motifs is 3. The zero-order valence-electron chi connectivity index (χ0n) is 19.6. The van der Waals surface area contributed by atoms with E-state index >= 15 is 0 Å². The molecule has 0 unspecified atom stereocenters. The third kappa shape index (κ3) is 4.64. The first kappa shape index (κ1) is 23.8. The van der Waals surface area contributed by atoms with Crippen molar-refractivity contribution in [1.82, 2.24) is 4.31 Å². The van der Waals surface area contributed by atoms with Gasteiger partial charge in [0, 0.05) is 18.8 Å². The van der Waals surface area contributed by atoms with Crippen molar-refractivity contribution in [3.05, 3.63) is 71.8 Å². The molecule has 0 heterocycles. The molecule has 0 aliphatic heterocycles. The Morgan fingerprint density at radius 1 is 0.971 bits per heavy atom. The van der Waals surface area contributed by atoms with Crippen molar-refractivity contribution in [2.75, 3.05) is 37.4 Å². The number of sulfonamides is 1. The van der Waals surface area contributed by atoms with Gasteiger partial charge in [-0.15, -0.1) is 0 Å². The molecule has 4 rings (SSSR count). The lowest BCUT2D eigenvalue weighted by Gasteiger charge is -2.19. The van der Waals surface area contributed by atoms with Gasteiger partial charge in [-0.3, -0.25) is 4.79 Å². The number of carbonyl (C=O) groups is 1. The van der Waals surface area contributed by atoms with Gasteiger partial charge in [0.1, 0.15) is 5.75 Å². The normalized spacial score (nSPS) is 12.2. The second kappa shape index (κ2) is 9.87. The number of hydrogen-bond donors (Lipinski definition) is 2. The summed E-state index contributed by atoms with van der Waals surface area (Å²) in [6, 6.07) is 18.9. The molecule has 0 atom stereocenters. The molecular weight excluding hydrogens is 450 g/mol. The Morgan fingerprint density at radius 3 is 2.44 bits per heavy atom. The van der Waals surface area contributed by atoms with Crippen LogP contribution in [0.15, 0.2) is 65.6 Å². The monoisotopic (exact) mass is 479 g/mol. The zero-order chi connectivity index (χ0) is 24.3. The lowest BCUT2D eigenvalue weighted by molar-refractivity contribution is -0.114. The molecule has 0 saturated carbocycles. The molecule has 1 aliphatic rings. The first-order chi connectivity index (χ1) is 16.4. The molecule has 0 spiro atoms. The summed E-state index contributed by atoms with van der Waals surface area (Å²) >= 11 is 0. The maximum absolute atomic E-state index is 12.9. The minimum absolute atomic E-state index is 0.0297. The number of nitrogens with one attached hydrogen (secondary N) is 2. The summed E-state index contributed by atoms with van der Waals surface area (Å²) in [7, 11) is -2.18. The fraction of sp³-hybridized carbons (Fsp3) is 0.269. The number of methoxy groups -OCH3 is 1. The summed E-state index contributed by atoms with van der Waals surface area (Å²) in [6.07, 6.45) is 0.873. The van der Waals surface area contributed by atoms with Crippen LogP contribution in [0, 0.1) is 0 Å². The van der Waals surface area contributed by atoms with E-state index in [-0.39, 0.29) is 17.3 Å². The van der Waals surface area contributed by atoms with Gasteiger partial charge in [0.25, 0.3) is 0 Å². The topological polar surface area (TPSA) is 87.7 Å². The van der Waals surface area contributed by atoms with Crippen molar-refractivity contribution < 1.29 is 17.9 Å². The number of rotatable bonds is 9. The number of nitrogens with zero attached hydrogens (tertiary/aromatic N) is 1. The van der Waals surface area contributed by atoms with Crippen molar-refractivity contribution in [2.24, 2.45) is 0 Å². The maximum Gasteiger partial charge on any atom is 0.243 e. The zero-order valence-corrected chi connectivity index (χ0v) is 20.4. The highest BCUT2D eigenvalue weighted by molar-refractivity contribution is 7.89. The highest BCUT2D eigenvalue weighted by atomic mass is 32.2. The van der Waals surface area contributed by atoms with Crippen LogP contribution in [-0.4, -0.2) is 45.4 Å². The molecular formula is C26H29N3O4S. The van der Waals surface area contributed by atoms with E-state index < -0.39 is 10.0 Å². The summed E-state index contributed by atoms with van der Waals surface area (Å²) in [5.41, 5.74) is 6.18. The Bertz CT molecular complexity index is 1320. The third-order valence-corrected chi connectivity index (χ3v) is 8.08. The van der Waals surface area contributed by atoms with E-state index in [2.05, 4.69) is 34.9 Å². The van der Waals surface area contributed by atoms with E-state index in [1.165, 1.54) is 45.8 Å². The number of anilines is 2. The van der Waals surface area contributed by atoms with Crippen LogP contribution >= 0.6 is 0 Å². The van der Waals surface area contributed by atoms with Crippen molar-refractivity contribution in [1.29, 1.82) is 0 Å². The second-order valence-corrected chi connectivity index (χ2v) is 10.00. The molecule has 8 heteroatoms. The van der Waals surface area contributed by atoms with Gasteiger partial charge in [-0.05, 0) is 59.0 Å². The minimum atomic E-state index is -3.66. The molecule has 3 aromatic rings. The number of hydrogen-bond acceptors (Lipinski definition) is 5. The van der Waals surface area contributed by atoms with Crippen LogP contribution in [0.5, 0.6) is 5.75 Å². The van der Waals surface area contributed by atoms with Crippen molar-refractivity contribution in [2.45, 2.75) is 25.2 Å². The predicted octanol–water partition coefficient (Wildman–Crippen LogP) is 4.35. The van der Waals surface area contributed by atoms with Gasteiger partial charge >= 0.3 is 0 Å². The number of ether oxygens (including phenoxy) is 1. The molecule has 0 saturated heterocycles. The maximum atomic E-state index is 12.9. The van der Waals surface area contributed by atoms with E-state index in [0.29, 0.717) is 24.5 Å². The molecule has 1 amide bonds. The molecule has 1 aliphatic carbocycles. The summed E-state index contributed by atoms with van der Waals surface area (Å²) in [6.45, 7) is 4.33. The van der Waals surface area contributed by atoms with Crippen molar-refractivity contribution in [3.63, 3.8) is 0 Å². The first-order valence-corrected chi connectivity index (χ1v) is 12.7. The second-order valence-electron chi connectivity index (χ2n) is 8.06. The van der Waals surface area contributed by atoms with Gasteiger partial charge in [0.2, 0.25) is 15.9 Å². The Morgan fingerprint density at radius 2 is 1.71 bits per heavy atom. The van der Waals surface area contributed by atoms with Crippen LogP contribution in [-0.2, 0) is 21.2 Å². The van der Waals surface area contributed by atoms with Crippen LogP contribution in [0.25, 0.3) is 11.1 Å². The fourth-order valence-electron chi connectivity index (χ4n) is 4.29. The minimum Gasteiger partial charge on any atom is -0.495 e. The quantitative estimate of drug-likeness (QED) is 0.373. The summed E-state index contributed by atoms with van der Waals surface area (Å²) < 4.78 is 32.5. The van der Waals surface area contributed by atoms with E-state index in [1.807, 2.05) is 18.2 Å². The fourth-order valence-corrected chi connectivity index (χ4v) is 5.77. The standard InChI is InChI=1S/C26H29N3O4S/c1-4-29(5-2)34(31,32)21-11-13-25(33-3)24(16-21)28-26(30)17-27-20-10-12-23-19(15-20)14-18-8-6-7-9-22(18)23/h6-13,15-16,27H,4-5,14,17H2,1-3H3,(H,28,30). The smallest absolute Gasteiger partial charge is 0.243 e. The van der Waals surface area contributed by atoms with Crippen LogP contribution in [0.3, 0.4) is 0 Å². The van der Waals surface area contributed by atoms with E-state index in [4.69, 9.17) is 4.74 Å². The first-order valence-electron chi connectivity index (χ1n) is 11.3. The largest absolute Gasteiger partial charge is 0.495 e. The summed E-state index contributed by atoms with van der Waals surface area (Å²) in [5.74, 6) is 0.0848. The van der Waals surface area contributed by atoms with Gasteiger partial charge in [0.15, 0.2) is 0 Å². The van der Waals surface area contributed by atoms with Crippen LogP contribution in [0.4, 0.5) is 11.4 Å². The molecule has 7 nitrogen and oxygen atoms in total. The lowest BCUT2D eigenvalue weighted by Crippen LogP contribution is -2.30. The van der Waals surface area contributed by atoms with E-state index in [0.717, 1.165) is 12.1 Å². The molecule has 34 heavy (non-hydrogen) atoms. The van der Waals surface area contributed by atoms with Crippen molar-refractivity contribution >= 4 is 27.3 Å². The molecule has 3 aromatic carbocycles. The van der Waals surface area contributed by atoms with Gasteiger partial charge in [-0.2, -0.15) is 4.31 Å². The Labute approximate surface area is 200 Å². The molecule has 178 valence electrons. The Hall–Kier alpha value is -3.36. The molecule has 0 radical (unpaired) electrons. The van der Waals surface area contributed by atoms with Crippen molar-refractivity contribution in [3.8, 4) is 16.9 Å². The van der Waals surface area contributed by atoms with Gasteiger partial charge in [-0.25, -0.2) is 8.42 Å². The summed E-state index contributed by atoms with van der Waals surface area (Å²) in [4.78, 5) is 12.8. The highest BCUT2D eigenvalue weighted by Gasteiger charge is 2.23. The van der Waals surface area contributed by atoms with E-state index in [1.54, 1.807) is 19.9 Å². The van der Waals surface area contributed by atoms with Crippen LogP contribution < -0.4 is 15.4 Å². The van der Waals surface area contributed by atoms with Crippen LogP contribution in [0.1, 0.15) is 25.0 Å². The molecule has 0 bridgehead atoms. The number of carbonyl (C=O) groups excluding carboxylic acids is 1. The van der Waals surface area contributed by atoms with Gasteiger partial charge < -0.3 is 15.4 Å². The lowest BCUT2D eigenvalue weighted by atomic mass is 10.1. The van der Waals surface area contributed by atoms with Gasteiger partial charge in [-0.1, -0.05) is 44.2 Å². The van der Waals surface area contributed by atoms with Crippen LogP contribution in [0.2, 0.25) is 0 Å². The number of benzene rings is 3. The van der Waals surface area contributed by atoms with Gasteiger partial charge in [0.05, 0.1) is 24.2 Å². The Kier molecular flexibility index (Phi) is 6.90. The average Bonchev–Trinajstić information content (AvgIpc) is 3.21.